The van der Waals surface area contributed by atoms with E-state index in [4.69, 9.17) is 4.98 Å². The van der Waals surface area contributed by atoms with E-state index in [0.29, 0.717) is 23.7 Å². The number of hydrogen-bond acceptors (Lipinski definition) is 1. The van der Waals surface area contributed by atoms with Crippen molar-refractivity contribution in [2.24, 2.45) is 0 Å². The average molecular weight is 570 g/mol. The minimum Gasteiger partial charge on any atom is -0.291 e. The van der Waals surface area contributed by atoms with Gasteiger partial charge in [0.2, 0.25) is 0 Å². The number of aromatic nitrogens is 3. The van der Waals surface area contributed by atoms with Crippen molar-refractivity contribution in [1.82, 2.24) is 9.55 Å². The van der Waals surface area contributed by atoms with Gasteiger partial charge in [-0.1, -0.05) is 116 Å². The van der Waals surface area contributed by atoms with Crippen LogP contribution in [-0.2, 0) is 25.7 Å². The van der Waals surface area contributed by atoms with Gasteiger partial charge in [-0.3, -0.25) is 14.1 Å². The van der Waals surface area contributed by atoms with E-state index in [9.17, 15) is 0 Å². The first kappa shape index (κ1) is 29.4. The maximum atomic E-state index is 5.41. The molecule has 6 rings (SSSR count). The third kappa shape index (κ3) is 5.44. The fourth-order valence-corrected chi connectivity index (χ4v) is 6.90. The molecule has 0 amide bonds. The van der Waals surface area contributed by atoms with Crippen LogP contribution in [0.5, 0.6) is 0 Å². The fraction of sp³-hybridized carbons (Fsp3) is 0.400. The van der Waals surface area contributed by atoms with Crippen molar-refractivity contribution in [3.8, 4) is 11.4 Å². The van der Waals surface area contributed by atoms with Crippen LogP contribution in [0.4, 0.5) is 0 Å². The highest BCUT2D eigenvalue weighted by molar-refractivity contribution is 5.79. The summed E-state index contributed by atoms with van der Waals surface area (Å²) in [5.41, 5.74) is 15.6. The van der Waals surface area contributed by atoms with E-state index >= 15 is 0 Å². The van der Waals surface area contributed by atoms with Gasteiger partial charge in [0, 0.05) is 5.69 Å². The van der Waals surface area contributed by atoms with Gasteiger partial charge in [-0.15, -0.1) is 0 Å². The van der Waals surface area contributed by atoms with E-state index in [0.717, 1.165) is 25.7 Å². The number of aryl methyl sites for hydroxylation is 4. The summed E-state index contributed by atoms with van der Waals surface area (Å²) >= 11 is 0. The zero-order valence-corrected chi connectivity index (χ0v) is 27.3. The average Bonchev–Trinajstić information content (AvgIpc) is 3.36. The molecule has 1 aliphatic heterocycles. The molecule has 3 heteroatoms. The molecule has 0 N–H and O–H groups in total. The molecule has 0 saturated heterocycles. The number of imidazole rings is 1. The van der Waals surface area contributed by atoms with Crippen LogP contribution in [0.3, 0.4) is 0 Å². The molecule has 0 unspecified atom stereocenters. The first-order chi connectivity index (χ1) is 20.6. The third-order valence-corrected chi connectivity index (χ3v) is 9.21. The summed E-state index contributed by atoms with van der Waals surface area (Å²) in [6, 6.07) is 25.2. The summed E-state index contributed by atoms with van der Waals surface area (Å²) in [6.07, 6.45) is 7.82. The molecular weight excluding hydrogens is 522 g/mol. The van der Waals surface area contributed by atoms with Gasteiger partial charge in [-0.25, -0.2) is 0 Å². The zero-order chi connectivity index (χ0) is 30.4. The Morgan fingerprint density at radius 2 is 1.14 bits per heavy atom. The molecule has 1 aliphatic rings. The molecule has 5 aromatic rings. The normalized spacial score (nSPS) is 13.6. The van der Waals surface area contributed by atoms with Crippen LogP contribution >= 0.6 is 0 Å². The number of rotatable bonds is 6. The summed E-state index contributed by atoms with van der Waals surface area (Å²) in [6.45, 7) is 18.5. The van der Waals surface area contributed by atoms with Crippen molar-refractivity contribution in [3.05, 3.63) is 118 Å². The van der Waals surface area contributed by atoms with Crippen LogP contribution in [0.1, 0.15) is 124 Å². The van der Waals surface area contributed by atoms with Crippen LogP contribution in [0.15, 0.2) is 66.7 Å². The Labute approximate surface area is 258 Å². The van der Waals surface area contributed by atoms with Crippen molar-refractivity contribution in [3.63, 3.8) is 0 Å². The summed E-state index contributed by atoms with van der Waals surface area (Å²) in [7, 11) is 0. The second-order valence-corrected chi connectivity index (χ2v) is 13.7. The number of benzene rings is 3. The van der Waals surface area contributed by atoms with E-state index < -0.39 is 0 Å². The second kappa shape index (κ2) is 11.8. The maximum absolute atomic E-state index is 5.41. The van der Waals surface area contributed by atoms with Gasteiger partial charge in [0.25, 0.3) is 6.33 Å². The van der Waals surface area contributed by atoms with Crippen LogP contribution in [-0.4, -0.2) is 9.55 Å². The number of para-hydroxylation sites is 2. The van der Waals surface area contributed by atoms with Gasteiger partial charge in [0.1, 0.15) is 5.52 Å². The predicted molar refractivity (Wildman–Crippen MR) is 179 cm³/mol. The molecule has 3 heterocycles. The minimum absolute atomic E-state index is 0.381. The number of fused-ring (bicyclic) bond motifs is 6. The van der Waals surface area contributed by atoms with Gasteiger partial charge < -0.3 is 0 Å². The Morgan fingerprint density at radius 3 is 1.70 bits per heavy atom. The van der Waals surface area contributed by atoms with Gasteiger partial charge in [-0.2, -0.15) is 0 Å². The lowest BCUT2D eigenvalue weighted by atomic mass is 9.92. The predicted octanol–water partition coefficient (Wildman–Crippen LogP) is 9.48. The molecule has 3 aromatic carbocycles. The SMILES string of the molecule is CC(C)c1cccc(C(C)C)c1-n1[c-][n+](-c2c(C(C)C)cccc2C(C)C)c2cc3nc(c21)CCc1cccc(c1)CC3. The Morgan fingerprint density at radius 1 is 0.628 bits per heavy atom. The van der Waals surface area contributed by atoms with Gasteiger partial charge in [0.05, 0.1) is 22.6 Å². The van der Waals surface area contributed by atoms with E-state index in [1.165, 1.54) is 67.2 Å². The van der Waals surface area contributed by atoms with Crippen molar-refractivity contribution < 1.29 is 4.57 Å². The lowest BCUT2D eigenvalue weighted by Crippen LogP contribution is -2.33. The highest BCUT2D eigenvalue weighted by Crippen LogP contribution is 2.36. The van der Waals surface area contributed by atoms with Crippen LogP contribution in [0.25, 0.3) is 22.4 Å². The number of pyridine rings is 1. The quantitative estimate of drug-likeness (QED) is 0.147. The molecule has 222 valence electrons. The summed E-state index contributed by atoms with van der Waals surface area (Å²) in [4.78, 5) is 5.41. The lowest BCUT2D eigenvalue weighted by Gasteiger charge is -2.21. The lowest BCUT2D eigenvalue weighted by molar-refractivity contribution is -0.573. The van der Waals surface area contributed by atoms with Crippen molar-refractivity contribution in [2.45, 2.75) is 105 Å². The molecule has 0 fully saturated rings. The van der Waals surface area contributed by atoms with Crippen LogP contribution in [0, 0.1) is 6.33 Å². The summed E-state index contributed by atoms with van der Waals surface area (Å²) in [5.74, 6) is 1.54. The molecule has 0 radical (unpaired) electrons. The Kier molecular flexibility index (Phi) is 8.02. The Hall–Kier alpha value is -3.72. The van der Waals surface area contributed by atoms with E-state index in [1.807, 2.05) is 0 Å². The Balaban J connectivity index is 1.75. The molecule has 0 saturated carbocycles. The highest BCUT2D eigenvalue weighted by Gasteiger charge is 2.26. The topological polar surface area (TPSA) is 21.7 Å². The smallest absolute Gasteiger partial charge is 0.269 e. The largest absolute Gasteiger partial charge is 0.291 e. The molecule has 2 aromatic heterocycles. The summed E-state index contributed by atoms with van der Waals surface area (Å²) < 4.78 is 4.80. The van der Waals surface area contributed by atoms with E-state index in [2.05, 4.69) is 138 Å². The molecule has 3 nitrogen and oxygen atoms in total. The standard InChI is InChI=1S/C40H47N3/c1-25(2)32-14-10-15-33(26(3)4)38(32)42-24-43(39-34(27(5)6)16-11-17-35(39)28(7)8)40-36-21-19-30-13-9-12-29(22-30)18-20-31(41-36)23-37(40)42/h9-17,22-23,25-28H,18-21H2,1-8H3. The monoisotopic (exact) mass is 569 g/mol. The second-order valence-electron chi connectivity index (χ2n) is 13.7. The van der Waals surface area contributed by atoms with Gasteiger partial charge in [0.15, 0.2) is 0 Å². The van der Waals surface area contributed by atoms with E-state index in [-0.39, 0.29) is 0 Å². The molecule has 0 aliphatic carbocycles. The van der Waals surface area contributed by atoms with Crippen molar-refractivity contribution in [2.75, 3.05) is 0 Å². The molecule has 0 atom stereocenters. The molecular formula is C40H47N3. The Bertz CT molecular complexity index is 1730. The van der Waals surface area contributed by atoms with Crippen molar-refractivity contribution in [1.29, 1.82) is 0 Å². The molecule has 4 bridgehead atoms. The fourth-order valence-electron chi connectivity index (χ4n) is 6.90. The van der Waals surface area contributed by atoms with Gasteiger partial charge >= 0.3 is 0 Å². The van der Waals surface area contributed by atoms with Crippen LogP contribution < -0.4 is 4.57 Å². The minimum atomic E-state index is 0.381. The van der Waals surface area contributed by atoms with E-state index in [1.54, 1.807) is 0 Å². The first-order valence-corrected chi connectivity index (χ1v) is 16.4. The third-order valence-electron chi connectivity index (χ3n) is 9.21. The highest BCUT2D eigenvalue weighted by atomic mass is 15.2. The van der Waals surface area contributed by atoms with Crippen LogP contribution in [0.2, 0.25) is 0 Å². The first-order valence-electron chi connectivity index (χ1n) is 16.4. The molecule has 43 heavy (non-hydrogen) atoms. The van der Waals surface area contributed by atoms with Gasteiger partial charge in [-0.05, 0) is 88.8 Å². The van der Waals surface area contributed by atoms with Crippen molar-refractivity contribution >= 4 is 11.0 Å². The summed E-state index contributed by atoms with van der Waals surface area (Å²) in [5, 5.41) is 0. The number of hydrogen-bond donors (Lipinski definition) is 0. The zero-order valence-electron chi connectivity index (χ0n) is 27.3. The maximum Gasteiger partial charge on any atom is 0.269 e. The molecule has 0 spiro atoms. The number of nitrogens with zero attached hydrogens (tertiary/aromatic N) is 3.